The second-order valence-electron chi connectivity index (χ2n) is 3.48. The Bertz CT molecular complexity index is 489. The normalized spacial score (nSPS) is 10.6. The molecule has 4 heteroatoms. The van der Waals surface area contributed by atoms with Crippen LogP contribution in [0.2, 0.25) is 0 Å². The molecule has 0 amide bonds. The minimum absolute atomic E-state index is 0.0787. The molecule has 0 aliphatic carbocycles. The molecule has 0 bridgehead atoms. The van der Waals surface area contributed by atoms with E-state index in [-0.39, 0.29) is 6.61 Å². The highest BCUT2D eigenvalue weighted by atomic mass is 32.2. The largest absolute Gasteiger partial charge is 0.265 e. The van der Waals surface area contributed by atoms with E-state index < -0.39 is 10.1 Å². The summed E-state index contributed by atoms with van der Waals surface area (Å²) in [5, 5.41) is 0. The van der Waals surface area contributed by atoms with Gasteiger partial charge in [-0.1, -0.05) is 41.7 Å². The highest BCUT2D eigenvalue weighted by Gasteiger charge is 1.97. The van der Waals surface area contributed by atoms with E-state index >= 15 is 0 Å². The van der Waals surface area contributed by atoms with Crippen molar-refractivity contribution in [3.05, 3.63) is 35.4 Å². The average Bonchev–Trinajstić information content (AvgIpc) is 2.19. The van der Waals surface area contributed by atoms with Crippen molar-refractivity contribution in [3.8, 4) is 11.8 Å². The first-order valence-corrected chi connectivity index (χ1v) is 6.65. The van der Waals surface area contributed by atoms with Crippen LogP contribution < -0.4 is 0 Å². The second kappa shape index (κ2) is 5.69. The van der Waals surface area contributed by atoms with Gasteiger partial charge in [0.2, 0.25) is 0 Å². The Morgan fingerprint density at radius 3 is 2.38 bits per heavy atom. The van der Waals surface area contributed by atoms with Gasteiger partial charge >= 0.3 is 0 Å². The van der Waals surface area contributed by atoms with Gasteiger partial charge in [-0.05, 0) is 12.5 Å². The second-order valence-corrected chi connectivity index (χ2v) is 5.13. The van der Waals surface area contributed by atoms with Crippen molar-refractivity contribution in [1.29, 1.82) is 0 Å². The van der Waals surface area contributed by atoms with Gasteiger partial charge in [-0.3, -0.25) is 4.18 Å². The number of hydrogen-bond acceptors (Lipinski definition) is 3. The van der Waals surface area contributed by atoms with Gasteiger partial charge in [0, 0.05) is 6.42 Å². The highest BCUT2D eigenvalue weighted by molar-refractivity contribution is 7.85. The smallest absolute Gasteiger partial charge is 0.257 e. The molecule has 1 aromatic rings. The van der Waals surface area contributed by atoms with Crippen LogP contribution in [0.3, 0.4) is 0 Å². The molecule has 1 aromatic carbocycles. The van der Waals surface area contributed by atoms with Crippen LogP contribution in [-0.2, 0) is 20.7 Å². The Balaban J connectivity index is 2.40. The van der Waals surface area contributed by atoms with E-state index in [1.54, 1.807) is 0 Å². The maximum Gasteiger partial charge on any atom is 0.265 e. The molecule has 0 atom stereocenters. The highest BCUT2D eigenvalue weighted by Crippen LogP contribution is 2.02. The quantitative estimate of drug-likeness (QED) is 0.592. The Morgan fingerprint density at radius 1 is 1.19 bits per heavy atom. The SMILES string of the molecule is Cc1ccc(CC#CCOS(C)(=O)=O)cc1. The maximum atomic E-state index is 10.6. The van der Waals surface area contributed by atoms with Crippen LogP contribution in [0.25, 0.3) is 0 Å². The van der Waals surface area contributed by atoms with Crippen LogP contribution in [0.15, 0.2) is 24.3 Å². The lowest BCUT2D eigenvalue weighted by atomic mass is 10.1. The van der Waals surface area contributed by atoms with E-state index in [1.165, 1.54) is 5.56 Å². The molecule has 0 fully saturated rings. The van der Waals surface area contributed by atoms with E-state index in [1.807, 2.05) is 31.2 Å². The molecule has 0 aliphatic heterocycles. The molecule has 0 unspecified atom stereocenters. The molecule has 0 spiro atoms. The topological polar surface area (TPSA) is 43.4 Å². The summed E-state index contributed by atoms with van der Waals surface area (Å²) >= 11 is 0. The predicted octanol–water partition coefficient (Wildman–Crippen LogP) is 1.52. The number of hydrogen-bond donors (Lipinski definition) is 0. The number of benzene rings is 1. The molecule has 1 rings (SSSR count). The molecule has 3 nitrogen and oxygen atoms in total. The maximum absolute atomic E-state index is 10.6. The van der Waals surface area contributed by atoms with E-state index in [9.17, 15) is 8.42 Å². The molecule has 86 valence electrons. The predicted molar refractivity (Wildman–Crippen MR) is 63.5 cm³/mol. The fourth-order valence-corrected chi connectivity index (χ4v) is 1.33. The minimum Gasteiger partial charge on any atom is -0.257 e. The third-order valence-corrected chi connectivity index (χ3v) is 2.43. The molecular weight excluding hydrogens is 224 g/mol. The molecule has 16 heavy (non-hydrogen) atoms. The third-order valence-electron chi connectivity index (χ3n) is 1.88. The zero-order valence-corrected chi connectivity index (χ0v) is 10.2. The zero-order valence-electron chi connectivity index (χ0n) is 9.36. The fraction of sp³-hybridized carbons (Fsp3) is 0.333. The van der Waals surface area contributed by atoms with Gasteiger partial charge < -0.3 is 0 Å². The van der Waals surface area contributed by atoms with E-state index in [0.717, 1.165) is 11.8 Å². The third kappa shape index (κ3) is 5.54. The fourth-order valence-electron chi connectivity index (χ4n) is 1.06. The summed E-state index contributed by atoms with van der Waals surface area (Å²) in [6.45, 7) is 1.94. The van der Waals surface area contributed by atoms with Crippen LogP contribution in [-0.4, -0.2) is 21.3 Å². The van der Waals surface area contributed by atoms with Gasteiger partial charge in [-0.2, -0.15) is 8.42 Å². The van der Waals surface area contributed by atoms with Crippen molar-refractivity contribution in [2.45, 2.75) is 13.3 Å². The molecule has 0 saturated carbocycles. The van der Waals surface area contributed by atoms with Gasteiger partial charge in [-0.25, -0.2) is 0 Å². The lowest BCUT2D eigenvalue weighted by molar-refractivity contribution is 0.368. The Morgan fingerprint density at radius 2 is 1.81 bits per heavy atom. The summed E-state index contributed by atoms with van der Waals surface area (Å²) in [5.74, 6) is 5.51. The first-order chi connectivity index (χ1) is 7.47. The average molecular weight is 238 g/mol. The van der Waals surface area contributed by atoms with Gasteiger partial charge in [0.05, 0.1) is 6.26 Å². The molecular formula is C12H14O3S. The molecule has 0 saturated heterocycles. The molecule has 0 aliphatic rings. The van der Waals surface area contributed by atoms with Crippen LogP contribution in [0, 0.1) is 18.8 Å². The van der Waals surface area contributed by atoms with Crippen molar-refractivity contribution in [3.63, 3.8) is 0 Å². The minimum atomic E-state index is -3.38. The van der Waals surface area contributed by atoms with E-state index in [4.69, 9.17) is 0 Å². The van der Waals surface area contributed by atoms with Crippen LogP contribution in [0.4, 0.5) is 0 Å². The van der Waals surface area contributed by atoms with Crippen LogP contribution >= 0.6 is 0 Å². The molecule has 0 radical (unpaired) electrons. The van der Waals surface area contributed by atoms with Crippen LogP contribution in [0.5, 0.6) is 0 Å². The summed E-state index contributed by atoms with van der Waals surface area (Å²) in [6.07, 6.45) is 1.61. The lowest BCUT2D eigenvalue weighted by Crippen LogP contribution is -2.02. The Kier molecular flexibility index (Phi) is 4.53. The van der Waals surface area contributed by atoms with Crippen molar-refractivity contribution in [2.75, 3.05) is 12.9 Å². The van der Waals surface area contributed by atoms with E-state index in [2.05, 4.69) is 16.0 Å². The standard InChI is InChI=1S/C12H14O3S/c1-11-6-8-12(9-7-11)5-3-4-10-15-16(2,13)14/h6-9H,5,10H2,1-2H3. The Labute approximate surface area is 96.6 Å². The van der Waals surface area contributed by atoms with Gasteiger partial charge in [-0.15, -0.1) is 0 Å². The molecule has 0 heterocycles. The first kappa shape index (κ1) is 12.8. The summed E-state index contributed by atoms with van der Waals surface area (Å²) in [4.78, 5) is 0. The van der Waals surface area contributed by atoms with Crippen molar-refractivity contribution in [1.82, 2.24) is 0 Å². The Hall–Kier alpha value is -1.31. The molecule has 0 aromatic heterocycles. The number of aryl methyl sites for hydroxylation is 1. The summed E-state index contributed by atoms with van der Waals surface area (Å²) in [7, 11) is -3.38. The summed E-state index contributed by atoms with van der Waals surface area (Å²) < 4.78 is 25.7. The van der Waals surface area contributed by atoms with E-state index in [0.29, 0.717) is 6.42 Å². The van der Waals surface area contributed by atoms with Crippen LogP contribution in [0.1, 0.15) is 11.1 Å². The first-order valence-electron chi connectivity index (χ1n) is 4.83. The number of rotatable bonds is 3. The monoisotopic (exact) mass is 238 g/mol. The zero-order chi connectivity index (χ0) is 12.0. The lowest BCUT2D eigenvalue weighted by Gasteiger charge is -1.95. The molecule has 0 N–H and O–H groups in total. The van der Waals surface area contributed by atoms with Crippen molar-refractivity contribution in [2.24, 2.45) is 0 Å². The summed E-state index contributed by atoms with van der Waals surface area (Å²) in [6, 6.07) is 8.04. The van der Waals surface area contributed by atoms with Crippen molar-refractivity contribution >= 4 is 10.1 Å². The van der Waals surface area contributed by atoms with Gasteiger partial charge in [0.1, 0.15) is 6.61 Å². The van der Waals surface area contributed by atoms with Gasteiger partial charge in [0.15, 0.2) is 0 Å². The summed E-state index contributed by atoms with van der Waals surface area (Å²) in [5.41, 5.74) is 2.31. The van der Waals surface area contributed by atoms with Crippen molar-refractivity contribution < 1.29 is 12.6 Å². The van der Waals surface area contributed by atoms with Gasteiger partial charge in [0.25, 0.3) is 10.1 Å².